The normalized spacial score (nSPS) is 10.8. The van der Waals surface area contributed by atoms with Crippen molar-refractivity contribution in [2.75, 3.05) is 12.4 Å². The smallest absolute Gasteiger partial charge is 0.350 e. The molecule has 0 saturated carbocycles. The summed E-state index contributed by atoms with van der Waals surface area (Å²) in [5.74, 6) is -0.705. The highest BCUT2D eigenvalue weighted by molar-refractivity contribution is 7.12. The first-order valence-electron chi connectivity index (χ1n) is 10.0. The molecule has 0 unspecified atom stereocenters. The van der Waals surface area contributed by atoms with Crippen molar-refractivity contribution in [3.8, 4) is 22.8 Å². The number of anilines is 1. The van der Waals surface area contributed by atoms with E-state index in [4.69, 9.17) is 20.9 Å². The zero-order valence-corrected chi connectivity index (χ0v) is 20.0. The van der Waals surface area contributed by atoms with E-state index >= 15 is 0 Å². The van der Waals surface area contributed by atoms with Crippen LogP contribution in [0.25, 0.3) is 22.8 Å². The Balaban J connectivity index is 1.64. The SMILES string of the molecule is COC(=O)c1sccc1NC(=O)Cn1c(C)cc(C)c(-c2nc(-c3cccc(Cl)c3)no2)c1=O. The number of hydrogen-bond acceptors (Lipinski definition) is 8. The molecule has 0 bridgehead atoms. The van der Waals surface area contributed by atoms with Crippen molar-refractivity contribution in [1.29, 1.82) is 0 Å². The molecule has 4 rings (SSSR count). The summed E-state index contributed by atoms with van der Waals surface area (Å²) in [5, 5.41) is 8.81. The van der Waals surface area contributed by atoms with Gasteiger partial charge in [-0.15, -0.1) is 11.3 Å². The second kappa shape index (κ2) is 9.62. The van der Waals surface area contributed by atoms with Crippen LogP contribution in [0.3, 0.4) is 0 Å². The number of methoxy groups -OCH3 is 1. The van der Waals surface area contributed by atoms with E-state index in [0.717, 1.165) is 11.3 Å². The first kappa shape index (κ1) is 23.4. The second-order valence-electron chi connectivity index (χ2n) is 7.37. The summed E-state index contributed by atoms with van der Waals surface area (Å²) in [6.07, 6.45) is 0. The van der Waals surface area contributed by atoms with Gasteiger partial charge in [0, 0.05) is 16.3 Å². The average Bonchev–Trinajstić information content (AvgIpc) is 3.46. The molecule has 1 amide bonds. The van der Waals surface area contributed by atoms with Gasteiger partial charge in [0.2, 0.25) is 11.7 Å². The predicted octanol–water partition coefficient (Wildman–Crippen LogP) is 4.32. The zero-order chi connectivity index (χ0) is 24.4. The van der Waals surface area contributed by atoms with E-state index in [2.05, 4.69) is 15.5 Å². The Labute approximate surface area is 202 Å². The number of benzene rings is 1. The molecular weight excluding hydrogens is 480 g/mol. The molecule has 11 heteroatoms. The van der Waals surface area contributed by atoms with Crippen molar-refractivity contribution < 1.29 is 18.8 Å². The second-order valence-corrected chi connectivity index (χ2v) is 8.72. The molecule has 34 heavy (non-hydrogen) atoms. The maximum atomic E-state index is 13.3. The van der Waals surface area contributed by atoms with E-state index in [1.807, 2.05) is 0 Å². The number of carbonyl (C=O) groups excluding carboxylic acids is 2. The van der Waals surface area contributed by atoms with Gasteiger partial charge in [-0.3, -0.25) is 9.59 Å². The fraction of sp³-hybridized carbons (Fsp3) is 0.174. The lowest BCUT2D eigenvalue weighted by Gasteiger charge is -2.13. The standard InChI is InChI=1S/C23H19ClN4O5S/c1-12-9-13(2)28(11-17(29)25-16-7-8-34-19(16)23(31)32-3)22(30)18(12)21-26-20(27-33-21)14-5-4-6-15(24)10-14/h4-10H,11H2,1-3H3,(H,25,29). The van der Waals surface area contributed by atoms with Gasteiger partial charge in [-0.1, -0.05) is 28.9 Å². The molecule has 0 aliphatic carbocycles. The number of nitrogens with one attached hydrogen (secondary N) is 1. The highest BCUT2D eigenvalue weighted by atomic mass is 35.5. The van der Waals surface area contributed by atoms with Crippen LogP contribution < -0.4 is 10.9 Å². The molecule has 1 aromatic carbocycles. The molecule has 0 fully saturated rings. The highest BCUT2D eigenvalue weighted by Crippen LogP contribution is 2.25. The van der Waals surface area contributed by atoms with Crippen molar-refractivity contribution >= 4 is 40.5 Å². The summed E-state index contributed by atoms with van der Waals surface area (Å²) in [4.78, 5) is 42.5. The molecule has 0 aliphatic heterocycles. The summed E-state index contributed by atoms with van der Waals surface area (Å²) in [6.45, 7) is 3.20. The molecule has 3 heterocycles. The molecule has 0 atom stereocenters. The lowest BCUT2D eigenvalue weighted by Crippen LogP contribution is -2.31. The Bertz CT molecular complexity index is 1460. The molecule has 0 aliphatic rings. The molecule has 1 N–H and O–H groups in total. The minimum Gasteiger partial charge on any atom is -0.465 e. The number of esters is 1. The fourth-order valence-electron chi connectivity index (χ4n) is 3.45. The predicted molar refractivity (Wildman–Crippen MR) is 128 cm³/mol. The lowest BCUT2D eigenvalue weighted by molar-refractivity contribution is -0.116. The third-order valence-corrected chi connectivity index (χ3v) is 6.17. The third kappa shape index (κ3) is 4.63. The molecule has 0 spiro atoms. The summed E-state index contributed by atoms with van der Waals surface area (Å²) in [6, 6.07) is 10.3. The van der Waals surface area contributed by atoms with Gasteiger partial charge in [-0.05, 0) is 49.1 Å². The number of hydrogen-bond donors (Lipinski definition) is 1. The summed E-state index contributed by atoms with van der Waals surface area (Å²) < 4.78 is 11.4. The van der Waals surface area contributed by atoms with Gasteiger partial charge in [0.25, 0.3) is 11.4 Å². The van der Waals surface area contributed by atoms with Crippen molar-refractivity contribution in [1.82, 2.24) is 14.7 Å². The number of amides is 1. The van der Waals surface area contributed by atoms with E-state index in [0.29, 0.717) is 27.5 Å². The Morgan fingerprint density at radius 3 is 2.76 bits per heavy atom. The topological polar surface area (TPSA) is 116 Å². The van der Waals surface area contributed by atoms with Crippen molar-refractivity contribution in [3.05, 3.63) is 73.3 Å². The number of rotatable bonds is 6. The maximum Gasteiger partial charge on any atom is 0.350 e. The van der Waals surface area contributed by atoms with E-state index in [9.17, 15) is 14.4 Å². The number of thiophene rings is 1. The van der Waals surface area contributed by atoms with E-state index in [-0.39, 0.29) is 28.7 Å². The average molecular weight is 499 g/mol. The minimum absolute atomic E-state index is 0.0393. The lowest BCUT2D eigenvalue weighted by atomic mass is 10.1. The number of aromatic nitrogens is 3. The van der Waals surface area contributed by atoms with Crippen molar-refractivity contribution in [2.45, 2.75) is 20.4 Å². The molecule has 3 aromatic heterocycles. The summed E-state index contributed by atoms with van der Waals surface area (Å²) >= 11 is 7.19. The Hall–Kier alpha value is -3.76. The highest BCUT2D eigenvalue weighted by Gasteiger charge is 2.21. The van der Waals surface area contributed by atoms with Gasteiger partial charge < -0.3 is 19.1 Å². The molecular formula is C23H19ClN4O5S. The largest absolute Gasteiger partial charge is 0.465 e. The third-order valence-electron chi connectivity index (χ3n) is 5.04. The monoisotopic (exact) mass is 498 g/mol. The summed E-state index contributed by atoms with van der Waals surface area (Å²) in [7, 11) is 1.26. The van der Waals surface area contributed by atoms with Crippen LogP contribution in [0.1, 0.15) is 20.9 Å². The fourth-order valence-corrected chi connectivity index (χ4v) is 4.40. The van der Waals surface area contributed by atoms with Crippen LogP contribution >= 0.6 is 22.9 Å². The van der Waals surface area contributed by atoms with E-state index < -0.39 is 17.4 Å². The van der Waals surface area contributed by atoms with Gasteiger partial charge in [-0.2, -0.15) is 4.98 Å². The Morgan fingerprint density at radius 1 is 1.24 bits per heavy atom. The molecule has 0 saturated heterocycles. The van der Waals surface area contributed by atoms with Crippen molar-refractivity contribution in [3.63, 3.8) is 0 Å². The first-order valence-corrected chi connectivity index (χ1v) is 11.3. The van der Waals surface area contributed by atoms with Crippen LogP contribution in [0.2, 0.25) is 5.02 Å². The summed E-state index contributed by atoms with van der Waals surface area (Å²) in [5.41, 5.74) is 1.92. The molecule has 0 radical (unpaired) electrons. The Kier molecular flexibility index (Phi) is 6.62. The van der Waals surface area contributed by atoms with E-state index in [1.54, 1.807) is 55.6 Å². The molecule has 174 valence electrons. The number of aryl methyl sites for hydroxylation is 2. The van der Waals surface area contributed by atoms with Gasteiger partial charge in [0.05, 0.1) is 12.8 Å². The van der Waals surface area contributed by atoms with Crippen LogP contribution in [0, 0.1) is 13.8 Å². The first-order chi connectivity index (χ1) is 16.3. The zero-order valence-electron chi connectivity index (χ0n) is 18.4. The Morgan fingerprint density at radius 2 is 2.03 bits per heavy atom. The number of carbonyl (C=O) groups is 2. The van der Waals surface area contributed by atoms with Gasteiger partial charge in [0.15, 0.2) is 0 Å². The van der Waals surface area contributed by atoms with Gasteiger partial charge in [-0.25, -0.2) is 4.79 Å². The van der Waals surface area contributed by atoms with Crippen molar-refractivity contribution in [2.24, 2.45) is 0 Å². The maximum absolute atomic E-state index is 13.3. The number of ether oxygens (including phenoxy) is 1. The number of pyridine rings is 1. The molecule has 9 nitrogen and oxygen atoms in total. The quantitative estimate of drug-likeness (QED) is 0.393. The van der Waals surface area contributed by atoms with E-state index in [1.165, 1.54) is 11.7 Å². The number of nitrogens with zero attached hydrogens (tertiary/aromatic N) is 3. The van der Waals surface area contributed by atoms with Gasteiger partial charge >= 0.3 is 5.97 Å². The van der Waals surface area contributed by atoms with Crippen LogP contribution in [-0.4, -0.2) is 33.7 Å². The minimum atomic E-state index is -0.553. The molecule has 4 aromatic rings. The number of halogens is 1. The van der Waals surface area contributed by atoms with Crippen LogP contribution in [-0.2, 0) is 16.1 Å². The van der Waals surface area contributed by atoms with Crippen LogP contribution in [0.4, 0.5) is 5.69 Å². The van der Waals surface area contributed by atoms with Crippen LogP contribution in [0.5, 0.6) is 0 Å². The van der Waals surface area contributed by atoms with Gasteiger partial charge in [0.1, 0.15) is 17.0 Å². The van der Waals surface area contributed by atoms with Crippen LogP contribution in [0.15, 0.2) is 51.1 Å².